The molecule has 1 aliphatic carbocycles. The molecule has 2 aromatic rings. The van der Waals surface area contributed by atoms with E-state index in [-0.39, 0.29) is 17.0 Å². The van der Waals surface area contributed by atoms with Gasteiger partial charge in [0.2, 0.25) is 0 Å². The van der Waals surface area contributed by atoms with Crippen molar-refractivity contribution < 1.29 is 18.7 Å². The number of anilines is 1. The topological polar surface area (TPSA) is 98.5 Å². The van der Waals surface area contributed by atoms with E-state index in [2.05, 4.69) is 20.6 Å². The molecular weight excluding hydrogens is 336 g/mol. The van der Waals surface area contributed by atoms with Crippen LogP contribution in [0.15, 0.2) is 22.9 Å². The van der Waals surface area contributed by atoms with Crippen molar-refractivity contribution in [2.45, 2.75) is 44.1 Å². The molecule has 0 unspecified atom stereocenters. The van der Waals surface area contributed by atoms with Crippen LogP contribution in [0.4, 0.5) is 5.82 Å². The lowest BCUT2D eigenvalue weighted by atomic mass is 9.68. The van der Waals surface area contributed by atoms with Crippen molar-refractivity contribution >= 4 is 11.7 Å². The normalized spacial score (nSPS) is 28.5. The summed E-state index contributed by atoms with van der Waals surface area (Å²) in [5.74, 6) is 2.16. The van der Waals surface area contributed by atoms with E-state index in [1.54, 1.807) is 6.20 Å². The molecule has 1 amide bonds. The van der Waals surface area contributed by atoms with E-state index in [0.29, 0.717) is 31.9 Å². The zero-order valence-electron chi connectivity index (χ0n) is 14.5. The average molecular weight is 356 g/mol. The number of amides is 1. The number of hydrogen-bond acceptors (Lipinski definition) is 7. The Morgan fingerprint density at radius 2 is 2.23 bits per heavy atom. The smallest absolute Gasteiger partial charge is 0.255 e. The van der Waals surface area contributed by atoms with Crippen molar-refractivity contribution in [1.82, 2.24) is 15.3 Å². The summed E-state index contributed by atoms with van der Waals surface area (Å²) in [6.45, 7) is 3.92. The van der Waals surface area contributed by atoms with Gasteiger partial charge in [-0.25, -0.2) is 9.97 Å². The predicted octanol–water partition coefficient (Wildman–Crippen LogP) is 1.55. The number of carbonyl (C=O) groups is 1. The van der Waals surface area contributed by atoms with E-state index in [1.807, 2.05) is 13.0 Å². The number of ether oxygens (including phenoxy) is 2. The molecule has 1 saturated carbocycles. The van der Waals surface area contributed by atoms with Crippen molar-refractivity contribution in [1.29, 1.82) is 0 Å². The van der Waals surface area contributed by atoms with Gasteiger partial charge in [0.05, 0.1) is 29.9 Å². The molecule has 2 N–H and O–H groups in total. The van der Waals surface area contributed by atoms with Crippen molar-refractivity contribution in [2.24, 2.45) is 0 Å². The lowest BCUT2D eigenvalue weighted by Gasteiger charge is -2.44. The Morgan fingerprint density at radius 1 is 1.35 bits per heavy atom. The number of aromatic nitrogens is 2. The molecule has 26 heavy (non-hydrogen) atoms. The van der Waals surface area contributed by atoms with Gasteiger partial charge in [0.25, 0.3) is 5.91 Å². The number of furan rings is 1. The standard InChI is InChI=1S/C18H20N4O4/c1-11-19-3-2-15(21-11)20-9-18-7-17(8-18,10-26-18)22-16(23)13-5-25-14-6-24-4-12(13)14/h2-3,5H,4,6-10H2,1H3,(H,22,23)(H,19,20,21). The molecule has 3 fully saturated rings. The van der Waals surface area contributed by atoms with Gasteiger partial charge in [0, 0.05) is 31.1 Å². The molecule has 0 spiro atoms. The van der Waals surface area contributed by atoms with Crippen LogP contribution in [-0.2, 0) is 22.7 Å². The molecular formula is C18H20N4O4. The van der Waals surface area contributed by atoms with Gasteiger partial charge < -0.3 is 24.5 Å². The SMILES string of the molecule is Cc1nccc(NCC23CC(NC(=O)c4coc5c4COC5)(CO2)C3)n1. The molecule has 2 saturated heterocycles. The molecule has 4 aliphatic rings. The largest absolute Gasteiger partial charge is 0.466 e. The highest BCUT2D eigenvalue weighted by Crippen LogP contribution is 2.51. The quantitative estimate of drug-likeness (QED) is 0.839. The molecule has 6 rings (SSSR count). The molecule has 0 aromatic carbocycles. The Kier molecular flexibility index (Phi) is 3.35. The van der Waals surface area contributed by atoms with Crippen LogP contribution in [0.1, 0.15) is 40.3 Å². The van der Waals surface area contributed by atoms with E-state index in [1.165, 1.54) is 6.26 Å². The van der Waals surface area contributed by atoms with Crippen molar-refractivity contribution in [3.05, 3.63) is 41.2 Å². The van der Waals surface area contributed by atoms with Crippen LogP contribution >= 0.6 is 0 Å². The van der Waals surface area contributed by atoms with Gasteiger partial charge in [-0.2, -0.15) is 0 Å². The number of fused-ring (bicyclic) bond motifs is 2. The maximum absolute atomic E-state index is 12.7. The van der Waals surface area contributed by atoms with Crippen LogP contribution in [0.25, 0.3) is 0 Å². The summed E-state index contributed by atoms with van der Waals surface area (Å²) in [5, 5.41) is 6.47. The fourth-order valence-corrected chi connectivity index (χ4v) is 4.23. The summed E-state index contributed by atoms with van der Waals surface area (Å²) >= 11 is 0. The van der Waals surface area contributed by atoms with Crippen LogP contribution in [0.3, 0.4) is 0 Å². The van der Waals surface area contributed by atoms with E-state index < -0.39 is 0 Å². The highest BCUT2D eigenvalue weighted by Gasteiger charge is 2.63. The molecule has 136 valence electrons. The summed E-state index contributed by atoms with van der Waals surface area (Å²) in [7, 11) is 0. The monoisotopic (exact) mass is 356 g/mol. The average Bonchev–Trinajstić information content (AvgIpc) is 3.31. The van der Waals surface area contributed by atoms with Crippen LogP contribution in [-0.4, -0.2) is 40.2 Å². The molecule has 0 radical (unpaired) electrons. The second kappa shape index (κ2) is 5.52. The summed E-state index contributed by atoms with van der Waals surface area (Å²) in [6.07, 6.45) is 4.84. The summed E-state index contributed by atoms with van der Waals surface area (Å²) in [5.41, 5.74) is 0.910. The fraction of sp³-hybridized carbons (Fsp3) is 0.500. The Bertz CT molecular complexity index is 872. The number of nitrogens with zero attached hydrogens (tertiary/aromatic N) is 2. The number of nitrogens with one attached hydrogen (secondary N) is 2. The van der Waals surface area contributed by atoms with Gasteiger partial charge >= 0.3 is 0 Å². The third kappa shape index (κ3) is 2.48. The summed E-state index contributed by atoms with van der Waals surface area (Å²) in [4.78, 5) is 21.1. The number of rotatable bonds is 5. The second-order valence-electron chi connectivity index (χ2n) is 7.45. The molecule has 2 aromatic heterocycles. The minimum absolute atomic E-state index is 0.112. The van der Waals surface area contributed by atoms with Crippen LogP contribution in [0.5, 0.6) is 0 Å². The maximum atomic E-state index is 12.7. The Balaban J connectivity index is 1.21. The van der Waals surface area contributed by atoms with Crippen LogP contribution < -0.4 is 10.6 Å². The van der Waals surface area contributed by atoms with Crippen molar-refractivity contribution in [2.75, 3.05) is 18.5 Å². The Morgan fingerprint density at radius 3 is 3.08 bits per heavy atom. The van der Waals surface area contributed by atoms with Gasteiger partial charge in [-0.1, -0.05) is 0 Å². The van der Waals surface area contributed by atoms with Crippen molar-refractivity contribution in [3.8, 4) is 0 Å². The zero-order chi connectivity index (χ0) is 17.8. The summed E-state index contributed by atoms with van der Waals surface area (Å²) in [6, 6.07) is 1.84. The molecule has 8 nitrogen and oxygen atoms in total. The molecule has 8 heteroatoms. The van der Waals surface area contributed by atoms with Crippen LogP contribution in [0.2, 0.25) is 0 Å². The first-order chi connectivity index (χ1) is 12.6. The third-order valence-electron chi connectivity index (χ3n) is 5.43. The first kappa shape index (κ1) is 15.8. The first-order valence-corrected chi connectivity index (χ1v) is 8.74. The number of aryl methyl sites for hydroxylation is 1. The van der Waals surface area contributed by atoms with E-state index in [0.717, 1.165) is 35.8 Å². The van der Waals surface area contributed by atoms with Gasteiger partial charge in [0.15, 0.2) is 0 Å². The Hall–Kier alpha value is -2.45. The fourth-order valence-electron chi connectivity index (χ4n) is 4.23. The molecule has 2 bridgehead atoms. The lowest BCUT2D eigenvalue weighted by molar-refractivity contribution is 0.00702. The minimum atomic E-state index is -0.288. The molecule has 0 atom stereocenters. The second-order valence-corrected chi connectivity index (χ2v) is 7.45. The van der Waals surface area contributed by atoms with E-state index in [9.17, 15) is 4.79 Å². The summed E-state index contributed by atoms with van der Waals surface area (Å²) < 4.78 is 16.8. The predicted molar refractivity (Wildman–Crippen MR) is 90.6 cm³/mol. The molecule has 3 aliphatic heterocycles. The van der Waals surface area contributed by atoms with Crippen LogP contribution in [0, 0.1) is 6.92 Å². The van der Waals surface area contributed by atoms with Gasteiger partial charge in [-0.15, -0.1) is 0 Å². The van der Waals surface area contributed by atoms with Crippen molar-refractivity contribution in [3.63, 3.8) is 0 Å². The van der Waals surface area contributed by atoms with Gasteiger partial charge in [-0.3, -0.25) is 4.79 Å². The van der Waals surface area contributed by atoms with Gasteiger partial charge in [0.1, 0.15) is 30.3 Å². The minimum Gasteiger partial charge on any atom is -0.466 e. The maximum Gasteiger partial charge on any atom is 0.255 e. The highest BCUT2D eigenvalue weighted by molar-refractivity contribution is 5.96. The zero-order valence-corrected chi connectivity index (χ0v) is 14.5. The third-order valence-corrected chi connectivity index (χ3v) is 5.43. The van der Waals surface area contributed by atoms with Gasteiger partial charge in [-0.05, 0) is 13.0 Å². The lowest BCUT2D eigenvalue weighted by Crippen LogP contribution is -2.61. The first-order valence-electron chi connectivity index (χ1n) is 8.74. The Labute approximate surface area is 150 Å². The number of hydrogen-bond donors (Lipinski definition) is 2. The number of carbonyl (C=O) groups excluding carboxylic acids is 1. The highest BCUT2D eigenvalue weighted by atomic mass is 16.5. The van der Waals surface area contributed by atoms with E-state index in [4.69, 9.17) is 13.9 Å². The molecule has 5 heterocycles. The van der Waals surface area contributed by atoms with E-state index >= 15 is 0 Å².